The van der Waals surface area contributed by atoms with Crippen molar-refractivity contribution >= 4 is 41.2 Å². The smallest absolute Gasteiger partial charge is 0.458 e. The molecule has 69 heavy (non-hydrogen) atoms. The third-order valence-electron chi connectivity index (χ3n) is 15.2. The highest BCUT2D eigenvalue weighted by Gasteiger charge is 2.58. The van der Waals surface area contributed by atoms with E-state index in [1.807, 2.05) is 53.6 Å². The summed E-state index contributed by atoms with van der Waals surface area (Å²) in [7, 11) is 1.89. The summed E-state index contributed by atoms with van der Waals surface area (Å²) in [5.74, 6) is -1.85. The number of rotatable bonds is 15. The molecule has 0 saturated carbocycles. The van der Waals surface area contributed by atoms with Crippen LogP contribution in [0.3, 0.4) is 0 Å². The zero-order valence-electron chi connectivity index (χ0n) is 43.0. The van der Waals surface area contributed by atoms with Crippen molar-refractivity contribution in [3.63, 3.8) is 0 Å². The van der Waals surface area contributed by atoms with E-state index in [9.17, 15) is 24.6 Å². The Morgan fingerprint density at radius 3 is 1.91 bits per heavy atom. The zero-order chi connectivity index (χ0) is 50.1. The zero-order valence-corrected chi connectivity index (χ0v) is 43.9. The van der Waals surface area contributed by atoms with Crippen LogP contribution in [0.2, 0.25) is 0 Å². The number of aliphatic hydroxyl groups excluding tert-OH is 1. The van der Waals surface area contributed by atoms with E-state index in [1.165, 1.54) is 15.9 Å². The number of aliphatic hydroxyl groups is 2. The maximum Gasteiger partial charge on any atom is 0.509 e. The lowest BCUT2D eigenvalue weighted by Gasteiger charge is -2.46. The van der Waals surface area contributed by atoms with Gasteiger partial charge in [0.25, 0.3) is 0 Å². The lowest BCUT2D eigenvalue weighted by atomic mass is 9.79. The van der Waals surface area contributed by atoms with Crippen LogP contribution >= 0.6 is 7.26 Å². The molecule has 3 aliphatic rings. The number of fused-ring (bicyclic) bond motifs is 1. The molecule has 6 rings (SSSR count). The Morgan fingerprint density at radius 1 is 0.812 bits per heavy atom. The number of carbonyl (C=O) groups is 3. The summed E-state index contributed by atoms with van der Waals surface area (Å²) in [5, 5.41) is 28.2. The first-order chi connectivity index (χ1) is 32.8. The molecule has 0 aliphatic carbocycles. The van der Waals surface area contributed by atoms with Gasteiger partial charge < -0.3 is 43.7 Å². The van der Waals surface area contributed by atoms with Crippen LogP contribution < -0.4 is 15.9 Å². The third-order valence-corrected chi connectivity index (χ3v) is 19.7. The van der Waals surface area contributed by atoms with Crippen molar-refractivity contribution in [2.24, 2.45) is 17.8 Å². The number of cyclic esters (lactones) is 1. The first-order valence-corrected chi connectivity index (χ1v) is 27.6. The number of ether oxygens (including phenoxy) is 5. The molecule has 3 fully saturated rings. The third kappa shape index (κ3) is 12.8. The van der Waals surface area contributed by atoms with Gasteiger partial charge in [0.15, 0.2) is 18.0 Å². The summed E-state index contributed by atoms with van der Waals surface area (Å²) >= 11 is 0. The summed E-state index contributed by atoms with van der Waals surface area (Å²) < 4.78 is 30.9. The van der Waals surface area contributed by atoms with Crippen LogP contribution in [0.25, 0.3) is 0 Å². The first-order valence-electron chi connectivity index (χ1n) is 25.6. The molecule has 13 atom stereocenters. The van der Waals surface area contributed by atoms with E-state index >= 15 is 0 Å². The molecule has 0 radical (unpaired) electrons. The number of nitrogens with zero attached hydrogens (tertiary/aromatic N) is 2. The van der Waals surface area contributed by atoms with E-state index in [-0.39, 0.29) is 43.4 Å². The number of hydrogen-bond donors (Lipinski definition) is 2. The summed E-state index contributed by atoms with van der Waals surface area (Å²) in [4.78, 5) is 45.5. The molecule has 380 valence electrons. The molecule has 0 unspecified atom stereocenters. The molecule has 0 spiro atoms. The molecule has 3 heterocycles. The van der Waals surface area contributed by atoms with E-state index in [2.05, 4.69) is 91.0 Å². The second-order valence-corrected chi connectivity index (χ2v) is 24.8. The summed E-state index contributed by atoms with van der Waals surface area (Å²) in [6.07, 6.45) is 1.66. The van der Waals surface area contributed by atoms with E-state index in [0.717, 1.165) is 31.8 Å². The lowest BCUT2D eigenvalue weighted by Crippen LogP contribution is -2.59. The fraction of sp³-hybridized carbons (Fsp3) is 0.625. The lowest BCUT2D eigenvalue weighted by molar-refractivity contribution is -0.295. The summed E-state index contributed by atoms with van der Waals surface area (Å²) in [5.41, 5.74) is -2.86. The number of carbonyl (C=O) groups excluding carboxylic acids is 3. The normalized spacial score (nSPS) is 32.8. The van der Waals surface area contributed by atoms with Gasteiger partial charge in [-0.1, -0.05) is 95.1 Å². The van der Waals surface area contributed by atoms with Gasteiger partial charge in [-0.05, 0) is 135 Å². The molecule has 2 N–H and O–H groups in total. The SMILES string of the molecule is CC[C@H]1OC(=O)[C@H](C)C[C@H](C)[C@@H](O[C@@H]2O[C@H](C)C[C@H](N(C)C)[C@H]2O)[C@](C)(O)C[C@@H](C)CN(C(=O)CCCCCCC[P+](c2ccccc2)(c2ccccc2)c2ccccc2)[C@H](C)[C@H]2OC(=O)O[C@@]21C. The highest BCUT2D eigenvalue weighted by atomic mass is 31.2. The van der Waals surface area contributed by atoms with Gasteiger partial charge in [0.2, 0.25) is 5.91 Å². The van der Waals surface area contributed by atoms with Crippen molar-refractivity contribution in [1.29, 1.82) is 0 Å². The van der Waals surface area contributed by atoms with Crippen molar-refractivity contribution in [2.45, 2.75) is 180 Å². The van der Waals surface area contributed by atoms with E-state index in [4.69, 9.17) is 23.7 Å². The van der Waals surface area contributed by atoms with Gasteiger partial charge in [0, 0.05) is 19.0 Å². The topological polar surface area (TPSA) is 144 Å². The molecule has 12 nitrogen and oxygen atoms in total. The molecule has 3 aromatic rings. The van der Waals surface area contributed by atoms with Crippen molar-refractivity contribution in [3.8, 4) is 0 Å². The minimum atomic E-state index is -1.93. The van der Waals surface area contributed by atoms with Crippen LogP contribution in [-0.4, -0.2) is 125 Å². The van der Waals surface area contributed by atoms with Crippen LogP contribution in [0.4, 0.5) is 4.79 Å². The molecular weight excluding hydrogens is 892 g/mol. The minimum absolute atomic E-state index is 0.0898. The molecular formula is C56H82N2O10P+. The van der Waals surface area contributed by atoms with Crippen LogP contribution in [0.5, 0.6) is 0 Å². The molecule has 3 aliphatic heterocycles. The number of likely N-dealkylation sites (N-methyl/N-ethyl adjacent to an activating group) is 1. The largest absolute Gasteiger partial charge is 0.509 e. The number of unbranched alkanes of at least 4 members (excludes halogenated alkanes) is 4. The highest BCUT2D eigenvalue weighted by Crippen LogP contribution is 2.56. The van der Waals surface area contributed by atoms with E-state index in [0.29, 0.717) is 25.7 Å². The number of hydrogen-bond acceptors (Lipinski definition) is 11. The molecule has 1 amide bonds. The molecule has 3 saturated heterocycles. The Hall–Kier alpha value is -3.90. The number of esters is 1. The van der Waals surface area contributed by atoms with Gasteiger partial charge in [0.05, 0.1) is 35.9 Å². The fourth-order valence-electron chi connectivity index (χ4n) is 11.7. The highest BCUT2D eigenvalue weighted by molar-refractivity contribution is 7.95. The Kier molecular flexibility index (Phi) is 18.9. The average molecular weight is 974 g/mol. The van der Waals surface area contributed by atoms with E-state index in [1.54, 1.807) is 25.7 Å². The van der Waals surface area contributed by atoms with Crippen LogP contribution in [0, 0.1) is 17.8 Å². The Labute approximate surface area is 413 Å². The average Bonchev–Trinajstić information content (AvgIpc) is 3.64. The quantitative estimate of drug-likeness (QED) is 0.0861. The monoisotopic (exact) mass is 974 g/mol. The number of benzene rings is 3. The molecule has 0 aromatic heterocycles. The second kappa shape index (κ2) is 24.0. The van der Waals surface area contributed by atoms with Crippen LogP contribution in [0.1, 0.15) is 120 Å². The van der Waals surface area contributed by atoms with Crippen molar-refractivity contribution < 1.29 is 48.3 Å². The predicted octanol–water partition coefficient (Wildman–Crippen LogP) is 8.42. The van der Waals surface area contributed by atoms with Crippen molar-refractivity contribution in [2.75, 3.05) is 26.8 Å². The molecule has 3 aromatic carbocycles. The fourth-order valence-corrected chi connectivity index (χ4v) is 16.1. The second-order valence-electron chi connectivity index (χ2n) is 21.2. The van der Waals surface area contributed by atoms with Gasteiger partial charge in [0.1, 0.15) is 35.4 Å². The Bertz CT molecular complexity index is 2000. The van der Waals surface area contributed by atoms with Crippen molar-refractivity contribution in [1.82, 2.24) is 9.80 Å². The maximum absolute atomic E-state index is 14.7. The van der Waals surface area contributed by atoms with Crippen molar-refractivity contribution in [3.05, 3.63) is 91.0 Å². The van der Waals surface area contributed by atoms with Gasteiger partial charge in [-0.25, -0.2) is 4.79 Å². The van der Waals surface area contributed by atoms with Gasteiger partial charge in [-0.15, -0.1) is 0 Å². The van der Waals surface area contributed by atoms with Gasteiger partial charge in [-0.2, -0.15) is 0 Å². The number of amides is 1. The standard InChI is InChI=1S/C56H82N2O10P/c1-11-47-56(8)51(67-54(62)68-56)42(6)58(37-38(2)36-55(7,63)50(39(3)34-40(4)52(61)65-47)66-53-49(60)46(57(9)10)35-41(5)64-53)48(59)32-24-13-12-14-25-33-69(43-26-18-15-19-27-43,44-28-20-16-21-29-44)45-30-22-17-23-31-45/h15-23,26-31,38-42,46-47,49-51,53,60,63H,11-14,24-25,32-37H2,1-10H3/q+1/t38-,39+,40-,41-,42-,46+,47-,49-,50-,51-,53+,55-,56-/m1/s1. The maximum atomic E-state index is 14.7. The van der Waals surface area contributed by atoms with Gasteiger partial charge in [-0.3, -0.25) is 9.59 Å². The van der Waals surface area contributed by atoms with Crippen LogP contribution in [0.15, 0.2) is 91.0 Å². The van der Waals surface area contributed by atoms with Gasteiger partial charge >= 0.3 is 12.1 Å². The summed E-state index contributed by atoms with van der Waals surface area (Å²) in [6, 6.07) is 31.9. The Balaban J connectivity index is 1.20. The molecule has 0 bridgehead atoms. The van der Waals surface area contributed by atoms with E-state index < -0.39 is 79.2 Å². The summed E-state index contributed by atoms with van der Waals surface area (Å²) in [6.45, 7) is 15.1. The first kappa shape index (κ1) is 54.4. The minimum Gasteiger partial charge on any atom is -0.458 e. The molecule has 13 heteroatoms. The Morgan fingerprint density at radius 2 is 1.36 bits per heavy atom. The predicted molar refractivity (Wildman–Crippen MR) is 273 cm³/mol. The van der Waals surface area contributed by atoms with Crippen LogP contribution in [-0.2, 0) is 33.3 Å².